The molecule has 1 unspecified atom stereocenters. The fourth-order valence-electron chi connectivity index (χ4n) is 3.58. The number of likely N-dealkylation sites (tertiary alicyclic amines) is 1. The van der Waals surface area contributed by atoms with Crippen molar-refractivity contribution in [2.45, 2.75) is 38.7 Å². The van der Waals surface area contributed by atoms with Gasteiger partial charge in [0.2, 0.25) is 17.6 Å². The molecule has 1 aliphatic heterocycles. The molecule has 0 bridgehead atoms. The van der Waals surface area contributed by atoms with Gasteiger partial charge in [-0.2, -0.15) is 4.98 Å². The van der Waals surface area contributed by atoms with Gasteiger partial charge in [-0.3, -0.25) is 4.79 Å². The van der Waals surface area contributed by atoms with Crippen molar-refractivity contribution < 1.29 is 18.8 Å². The first kappa shape index (κ1) is 20.9. The highest BCUT2D eigenvalue weighted by Crippen LogP contribution is 2.24. The van der Waals surface area contributed by atoms with E-state index in [2.05, 4.69) is 10.1 Å². The number of nitrogens with zero attached hydrogens (tertiary/aromatic N) is 3. The van der Waals surface area contributed by atoms with Crippen LogP contribution in [0.4, 0.5) is 0 Å². The molecule has 4 rings (SSSR count). The predicted molar refractivity (Wildman–Crippen MR) is 116 cm³/mol. The Bertz CT molecular complexity index is 1030. The van der Waals surface area contributed by atoms with Gasteiger partial charge < -0.3 is 18.9 Å². The normalized spacial score (nSPS) is 16.0. The summed E-state index contributed by atoms with van der Waals surface area (Å²) in [5, 5.41) is 4.04. The highest BCUT2D eigenvalue weighted by Gasteiger charge is 2.27. The molecule has 2 heterocycles. The van der Waals surface area contributed by atoms with Crippen LogP contribution in [0, 0.1) is 0 Å². The van der Waals surface area contributed by atoms with Gasteiger partial charge in [-0.1, -0.05) is 31.1 Å². The molecule has 1 atom stereocenters. The lowest BCUT2D eigenvalue weighted by atomic mass is 10.1. The SMILES string of the molecule is COc1cccc(CC(=O)N2CCC(Oc3ccc(-c4noc(C(C)C)n4)cc3)C2)c1. The molecule has 1 saturated heterocycles. The maximum atomic E-state index is 12.7. The Morgan fingerprint density at radius 3 is 2.71 bits per heavy atom. The molecule has 7 heteroatoms. The Morgan fingerprint density at radius 2 is 2.00 bits per heavy atom. The first-order valence-electron chi connectivity index (χ1n) is 10.5. The van der Waals surface area contributed by atoms with Crippen LogP contribution in [0.5, 0.6) is 11.5 Å². The molecular formula is C24H27N3O4. The zero-order valence-electron chi connectivity index (χ0n) is 18.1. The summed E-state index contributed by atoms with van der Waals surface area (Å²) in [6, 6.07) is 15.3. The first-order chi connectivity index (χ1) is 15.0. The largest absolute Gasteiger partial charge is 0.497 e. The van der Waals surface area contributed by atoms with E-state index in [-0.39, 0.29) is 17.9 Å². The summed E-state index contributed by atoms with van der Waals surface area (Å²) in [5.41, 5.74) is 1.83. The average Bonchev–Trinajstić information content (AvgIpc) is 3.45. The molecule has 0 N–H and O–H groups in total. The van der Waals surface area contributed by atoms with Crippen molar-refractivity contribution in [3.05, 3.63) is 60.0 Å². The minimum Gasteiger partial charge on any atom is -0.497 e. The summed E-state index contributed by atoms with van der Waals surface area (Å²) in [6.45, 7) is 5.32. The summed E-state index contributed by atoms with van der Waals surface area (Å²) in [5.74, 6) is 3.03. The van der Waals surface area contributed by atoms with Gasteiger partial charge in [-0.15, -0.1) is 0 Å². The number of benzene rings is 2. The van der Waals surface area contributed by atoms with E-state index in [9.17, 15) is 4.79 Å². The van der Waals surface area contributed by atoms with Gasteiger partial charge in [0.1, 0.15) is 17.6 Å². The van der Waals surface area contributed by atoms with Crippen molar-refractivity contribution in [2.75, 3.05) is 20.2 Å². The second-order valence-electron chi connectivity index (χ2n) is 8.03. The lowest BCUT2D eigenvalue weighted by Gasteiger charge is -2.17. The Hall–Kier alpha value is -3.35. The number of aromatic nitrogens is 2. The van der Waals surface area contributed by atoms with Crippen LogP contribution in [0.25, 0.3) is 11.4 Å². The molecule has 1 aliphatic rings. The lowest BCUT2D eigenvalue weighted by molar-refractivity contribution is -0.129. The Kier molecular flexibility index (Phi) is 6.21. The van der Waals surface area contributed by atoms with Crippen LogP contribution in [-0.2, 0) is 11.2 Å². The van der Waals surface area contributed by atoms with Crippen molar-refractivity contribution >= 4 is 5.91 Å². The highest BCUT2D eigenvalue weighted by molar-refractivity contribution is 5.79. The number of methoxy groups -OCH3 is 1. The van der Waals surface area contributed by atoms with Crippen molar-refractivity contribution in [3.63, 3.8) is 0 Å². The van der Waals surface area contributed by atoms with Crippen LogP contribution in [-0.4, -0.2) is 47.3 Å². The molecule has 2 aromatic carbocycles. The van der Waals surface area contributed by atoms with Crippen molar-refractivity contribution in [2.24, 2.45) is 0 Å². The van der Waals surface area contributed by atoms with Gasteiger partial charge in [-0.25, -0.2) is 0 Å². The van der Waals surface area contributed by atoms with Gasteiger partial charge >= 0.3 is 0 Å². The smallest absolute Gasteiger partial charge is 0.229 e. The number of rotatable bonds is 7. The van der Waals surface area contributed by atoms with E-state index < -0.39 is 0 Å². The summed E-state index contributed by atoms with van der Waals surface area (Å²) in [4.78, 5) is 19.0. The van der Waals surface area contributed by atoms with Crippen LogP contribution in [0.2, 0.25) is 0 Å². The summed E-state index contributed by atoms with van der Waals surface area (Å²) in [7, 11) is 1.63. The zero-order chi connectivity index (χ0) is 21.8. The molecule has 0 spiro atoms. The molecule has 7 nitrogen and oxygen atoms in total. The molecule has 0 radical (unpaired) electrons. The molecule has 1 aromatic heterocycles. The molecule has 162 valence electrons. The Balaban J connectivity index is 1.31. The number of carbonyl (C=O) groups is 1. The van der Waals surface area contributed by atoms with E-state index >= 15 is 0 Å². The topological polar surface area (TPSA) is 77.7 Å². The van der Waals surface area contributed by atoms with E-state index in [1.54, 1.807) is 7.11 Å². The van der Waals surface area contributed by atoms with E-state index in [0.29, 0.717) is 31.2 Å². The maximum absolute atomic E-state index is 12.7. The molecular weight excluding hydrogens is 394 g/mol. The van der Waals surface area contributed by atoms with Gasteiger partial charge in [0.15, 0.2) is 0 Å². The maximum Gasteiger partial charge on any atom is 0.229 e. The van der Waals surface area contributed by atoms with Gasteiger partial charge in [0, 0.05) is 24.4 Å². The summed E-state index contributed by atoms with van der Waals surface area (Å²) < 4.78 is 16.6. The third-order valence-electron chi connectivity index (χ3n) is 5.34. The number of hydrogen-bond donors (Lipinski definition) is 0. The van der Waals surface area contributed by atoms with E-state index in [0.717, 1.165) is 29.0 Å². The second kappa shape index (κ2) is 9.20. The predicted octanol–water partition coefficient (Wildman–Crippen LogP) is 4.09. The standard InChI is InChI=1S/C24H27N3O4/c1-16(2)24-25-23(26-31-24)18-7-9-19(10-8-18)30-21-11-12-27(15-21)22(28)14-17-5-4-6-20(13-17)29-3/h4-10,13,16,21H,11-12,14-15H2,1-3H3. The van der Waals surface area contributed by atoms with Crippen molar-refractivity contribution in [1.29, 1.82) is 0 Å². The Morgan fingerprint density at radius 1 is 1.19 bits per heavy atom. The van der Waals surface area contributed by atoms with Gasteiger partial charge in [0.25, 0.3) is 0 Å². The number of amides is 1. The summed E-state index contributed by atoms with van der Waals surface area (Å²) >= 11 is 0. The Labute approximate surface area is 182 Å². The van der Waals surface area contributed by atoms with Crippen LogP contribution < -0.4 is 9.47 Å². The third kappa shape index (κ3) is 5.05. The molecule has 0 saturated carbocycles. The first-order valence-corrected chi connectivity index (χ1v) is 10.5. The monoisotopic (exact) mass is 421 g/mol. The average molecular weight is 421 g/mol. The van der Waals surface area contributed by atoms with Gasteiger partial charge in [0.05, 0.1) is 20.1 Å². The van der Waals surface area contributed by atoms with Crippen LogP contribution in [0.15, 0.2) is 53.1 Å². The minimum absolute atomic E-state index is 0.0159. The van der Waals surface area contributed by atoms with E-state index in [1.807, 2.05) is 67.3 Å². The fraction of sp³-hybridized carbons (Fsp3) is 0.375. The molecule has 1 fully saturated rings. The quantitative estimate of drug-likeness (QED) is 0.572. The highest BCUT2D eigenvalue weighted by atomic mass is 16.5. The second-order valence-corrected chi connectivity index (χ2v) is 8.03. The third-order valence-corrected chi connectivity index (χ3v) is 5.34. The molecule has 31 heavy (non-hydrogen) atoms. The minimum atomic E-state index is -0.0159. The number of ether oxygens (including phenoxy) is 2. The molecule has 3 aromatic rings. The summed E-state index contributed by atoms with van der Waals surface area (Å²) in [6.07, 6.45) is 1.16. The molecule has 0 aliphatic carbocycles. The number of carbonyl (C=O) groups excluding carboxylic acids is 1. The van der Waals surface area contributed by atoms with Crippen molar-refractivity contribution in [1.82, 2.24) is 15.0 Å². The number of hydrogen-bond acceptors (Lipinski definition) is 6. The molecule has 1 amide bonds. The fourth-order valence-corrected chi connectivity index (χ4v) is 3.58. The van der Waals surface area contributed by atoms with Crippen LogP contribution >= 0.6 is 0 Å². The van der Waals surface area contributed by atoms with E-state index in [4.69, 9.17) is 14.0 Å². The van der Waals surface area contributed by atoms with Crippen LogP contribution in [0.1, 0.15) is 37.6 Å². The lowest BCUT2D eigenvalue weighted by Crippen LogP contribution is -2.32. The van der Waals surface area contributed by atoms with Crippen molar-refractivity contribution in [3.8, 4) is 22.9 Å². The van der Waals surface area contributed by atoms with E-state index in [1.165, 1.54) is 0 Å². The van der Waals surface area contributed by atoms with Gasteiger partial charge in [-0.05, 0) is 42.0 Å². The zero-order valence-corrected chi connectivity index (χ0v) is 18.1. The van der Waals surface area contributed by atoms with Crippen LogP contribution in [0.3, 0.4) is 0 Å².